The first kappa shape index (κ1) is 19.6. The van der Waals surface area contributed by atoms with Gasteiger partial charge in [0, 0.05) is 10.9 Å². The van der Waals surface area contributed by atoms with Gasteiger partial charge in [-0.2, -0.15) is 0 Å². The molecule has 2 saturated heterocycles. The molecule has 2 aromatic rings. The average molecular weight is 414 g/mol. The highest BCUT2D eigenvalue weighted by atomic mass is 32.1. The van der Waals surface area contributed by atoms with E-state index in [4.69, 9.17) is 9.47 Å². The van der Waals surface area contributed by atoms with Gasteiger partial charge in [-0.3, -0.25) is 19.7 Å². The van der Waals surface area contributed by atoms with Crippen LogP contribution in [0, 0.1) is 11.8 Å². The predicted octanol–water partition coefficient (Wildman–Crippen LogP) is 2.53. The number of amides is 2. The molecule has 4 rings (SSSR count). The van der Waals surface area contributed by atoms with Crippen LogP contribution in [0.3, 0.4) is 0 Å². The maximum absolute atomic E-state index is 13.5. The van der Waals surface area contributed by atoms with E-state index in [0.29, 0.717) is 11.4 Å². The Bertz CT molecular complexity index is 960. The highest BCUT2D eigenvalue weighted by Gasteiger charge is 2.67. The van der Waals surface area contributed by atoms with Gasteiger partial charge in [0.15, 0.2) is 0 Å². The first-order valence-electron chi connectivity index (χ1n) is 9.42. The van der Waals surface area contributed by atoms with Gasteiger partial charge < -0.3 is 9.47 Å². The normalized spacial score (nSPS) is 28.5. The fourth-order valence-corrected chi connectivity index (χ4v) is 5.15. The molecule has 1 N–H and O–H groups in total. The van der Waals surface area contributed by atoms with E-state index in [9.17, 15) is 14.4 Å². The summed E-state index contributed by atoms with van der Waals surface area (Å²) >= 11 is 1.48. The number of imide groups is 1. The number of carbonyl (C=O) groups is 3. The second-order valence-corrected chi connectivity index (χ2v) is 8.26. The third-order valence-electron chi connectivity index (χ3n) is 5.65. The number of ether oxygens (including phenoxy) is 2. The molecule has 0 aliphatic carbocycles. The summed E-state index contributed by atoms with van der Waals surface area (Å²) in [6.45, 7) is 3.56. The number of fused-ring (bicyclic) bond motifs is 1. The summed E-state index contributed by atoms with van der Waals surface area (Å²) in [6.07, 6.45) is 0. The quantitative estimate of drug-likeness (QED) is 0.598. The molecule has 2 fully saturated rings. The number of benzene rings is 1. The largest absolute Gasteiger partial charge is 0.497 e. The maximum Gasteiger partial charge on any atom is 0.326 e. The fraction of sp³-hybridized carbons (Fsp3) is 0.381. The van der Waals surface area contributed by atoms with Gasteiger partial charge in [0.2, 0.25) is 11.8 Å². The summed E-state index contributed by atoms with van der Waals surface area (Å²) < 4.78 is 10.5. The van der Waals surface area contributed by atoms with Gasteiger partial charge in [0.1, 0.15) is 11.3 Å². The minimum atomic E-state index is -1.30. The van der Waals surface area contributed by atoms with E-state index >= 15 is 0 Å². The second kappa shape index (κ2) is 7.27. The van der Waals surface area contributed by atoms with Crippen LogP contribution in [0.5, 0.6) is 5.75 Å². The van der Waals surface area contributed by atoms with Crippen LogP contribution in [-0.2, 0) is 19.1 Å². The number of nitrogens with one attached hydrogen (secondary N) is 1. The highest BCUT2D eigenvalue weighted by molar-refractivity contribution is 7.10. The maximum atomic E-state index is 13.5. The summed E-state index contributed by atoms with van der Waals surface area (Å²) in [6, 6.07) is 10.2. The molecule has 0 bridgehead atoms. The van der Waals surface area contributed by atoms with Gasteiger partial charge in [-0.05, 0) is 37.4 Å². The van der Waals surface area contributed by atoms with Crippen LogP contribution in [-0.4, -0.2) is 37.0 Å². The van der Waals surface area contributed by atoms with Crippen LogP contribution in [0.2, 0.25) is 0 Å². The number of methoxy groups -OCH3 is 1. The number of esters is 1. The molecule has 1 aromatic heterocycles. The van der Waals surface area contributed by atoms with Crippen LogP contribution >= 0.6 is 11.3 Å². The van der Waals surface area contributed by atoms with Gasteiger partial charge >= 0.3 is 5.97 Å². The zero-order valence-corrected chi connectivity index (χ0v) is 17.2. The van der Waals surface area contributed by atoms with Crippen molar-refractivity contribution in [3.63, 3.8) is 0 Å². The standard InChI is InChI=1S/C21H22N2O5S/c1-4-28-20(26)21(2)16-15(17(22-21)14-9-6-10-29-14)18(24)23(19(16)25)12-7-5-8-13(11-12)27-3/h5-11,15-17,22H,4H2,1-3H3/t15-,16-,17-,21-/m0/s1. The van der Waals surface area contributed by atoms with Crippen molar-refractivity contribution in [2.24, 2.45) is 11.8 Å². The summed E-state index contributed by atoms with van der Waals surface area (Å²) in [5, 5.41) is 5.16. The Labute approximate surface area is 172 Å². The van der Waals surface area contributed by atoms with Crippen molar-refractivity contribution < 1.29 is 23.9 Å². The Morgan fingerprint density at radius 1 is 1.24 bits per heavy atom. The summed E-state index contributed by atoms with van der Waals surface area (Å²) in [7, 11) is 1.52. The zero-order chi connectivity index (χ0) is 20.8. The Balaban J connectivity index is 1.80. The molecule has 8 heteroatoms. The molecule has 152 valence electrons. The van der Waals surface area contributed by atoms with Crippen LogP contribution in [0.4, 0.5) is 5.69 Å². The minimum Gasteiger partial charge on any atom is -0.497 e. The number of rotatable bonds is 5. The van der Waals surface area contributed by atoms with E-state index in [0.717, 1.165) is 4.88 Å². The monoisotopic (exact) mass is 414 g/mol. The molecular formula is C21H22N2O5S. The smallest absolute Gasteiger partial charge is 0.326 e. The van der Waals surface area contributed by atoms with E-state index in [1.54, 1.807) is 38.1 Å². The van der Waals surface area contributed by atoms with Gasteiger partial charge in [0.25, 0.3) is 0 Å². The molecular weight excluding hydrogens is 392 g/mol. The van der Waals surface area contributed by atoms with Crippen molar-refractivity contribution >= 4 is 34.8 Å². The number of thiophene rings is 1. The van der Waals surface area contributed by atoms with Crippen molar-refractivity contribution in [2.75, 3.05) is 18.6 Å². The summed E-state index contributed by atoms with van der Waals surface area (Å²) in [5.74, 6) is -2.26. The SMILES string of the molecule is CCOC(=O)[C@@]1(C)N[C@@H](c2cccs2)[C@H]2C(=O)N(c3cccc(OC)c3)C(=O)[C@H]21. The summed E-state index contributed by atoms with van der Waals surface area (Å²) in [4.78, 5) is 41.8. The zero-order valence-electron chi connectivity index (χ0n) is 16.4. The van der Waals surface area contributed by atoms with Crippen molar-refractivity contribution in [2.45, 2.75) is 25.4 Å². The molecule has 7 nitrogen and oxygen atoms in total. The lowest BCUT2D eigenvalue weighted by molar-refractivity contribution is -0.153. The molecule has 0 saturated carbocycles. The van der Waals surface area contributed by atoms with Crippen LogP contribution in [0.25, 0.3) is 0 Å². The number of nitrogens with zero attached hydrogens (tertiary/aromatic N) is 1. The van der Waals surface area contributed by atoms with Crippen LogP contribution in [0.1, 0.15) is 24.8 Å². The molecule has 2 aliphatic heterocycles. The Kier molecular flexibility index (Phi) is 4.92. The topological polar surface area (TPSA) is 84.9 Å². The number of carbonyl (C=O) groups excluding carboxylic acids is 3. The van der Waals surface area contributed by atoms with Crippen LogP contribution in [0.15, 0.2) is 41.8 Å². The van der Waals surface area contributed by atoms with E-state index in [1.165, 1.54) is 23.3 Å². The molecule has 0 radical (unpaired) electrons. The van der Waals surface area contributed by atoms with Crippen molar-refractivity contribution in [3.05, 3.63) is 46.7 Å². The van der Waals surface area contributed by atoms with E-state index in [1.807, 2.05) is 17.5 Å². The molecule has 3 heterocycles. The Morgan fingerprint density at radius 2 is 2.03 bits per heavy atom. The van der Waals surface area contributed by atoms with Crippen molar-refractivity contribution in [1.29, 1.82) is 0 Å². The predicted molar refractivity (Wildman–Crippen MR) is 108 cm³/mol. The Hall–Kier alpha value is -2.71. The van der Waals surface area contributed by atoms with Gasteiger partial charge in [-0.25, -0.2) is 4.90 Å². The molecule has 2 amide bonds. The number of anilines is 1. The lowest BCUT2D eigenvalue weighted by Crippen LogP contribution is -2.54. The van der Waals surface area contributed by atoms with E-state index in [2.05, 4.69) is 5.32 Å². The van der Waals surface area contributed by atoms with E-state index in [-0.39, 0.29) is 12.5 Å². The molecule has 0 unspecified atom stereocenters. The van der Waals surface area contributed by atoms with Crippen molar-refractivity contribution in [3.8, 4) is 5.75 Å². The van der Waals surface area contributed by atoms with Gasteiger partial charge in [0.05, 0.1) is 37.3 Å². The average Bonchev–Trinajstić information content (AvgIpc) is 3.40. The molecule has 1 aromatic carbocycles. The third kappa shape index (κ3) is 2.94. The molecule has 29 heavy (non-hydrogen) atoms. The van der Waals surface area contributed by atoms with Gasteiger partial charge in [-0.15, -0.1) is 11.3 Å². The number of hydrogen-bond acceptors (Lipinski definition) is 7. The van der Waals surface area contributed by atoms with Crippen molar-refractivity contribution in [1.82, 2.24) is 5.32 Å². The Morgan fingerprint density at radius 3 is 2.69 bits per heavy atom. The molecule has 4 atom stereocenters. The molecule has 2 aliphatic rings. The third-order valence-corrected chi connectivity index (χ3v) is 6.60. The second-order valence-electron chi connectivity index (χ2n) is 7.28. The van der Waals surface area contributed by atoms with Gasteiger partial charge in [-0.1, -0.05) is 12.1 Å². The summed E-state index contributed by atoms with van der Waals surface area (Å²) in [5.41, 5.74) is -0.861. The lowest BCUT2D eigenvalue weighted by Gasteiger charge is -2.29. The first-order chi connectivity index (χ1) is 13.9. The number of hydrogen-bond donors (Lipinski definition) is 1. The molecule has 0 spiro atoms. The highest BCUT2D eigenvalue weighted by Crippen LogP contribution is 2.50. The minimum absolute atomic E-state index is 0.193. The fourth-order valence-electron chi connectivity index (χ4n) is 4.32. The first-order valence-corrected chi connectivity index (χ1v) is 10.3. The van der Waals surface area contributed by atoms with Crippen LogP contribution < -0.4 is 15.0 Å². The lowest BCUT2D eigenvalue weighted by atomic mass is 9.81. The van der Waals surface area contributed by atoms with E-state index < -0.39 is 35.3 Å².